The van der Waals surface area contributed by atoms with E-state index >= 15 is 0 Å². The Balaban J connectivity index is 3.10. The first-order valence-corrected chi connectivity index (χ1v) is 8.29. The number of allylic oxidation sites excluding steroid dienone is 4. The molecular formula is C18H32O2. The van der Waals surface area contributed by atoms with Gasteiger partial charge in [0.25, 0.3) is 0 Å². The monoisotopic (exact) mass is 280 g/mol. The largest absolute Gasteiger partial charge is 0.481 e. The Labute approximate surface area is 125 Å². The van der Waals surface area contributed by atoms with Crippen molar-refractivity contribution >= 4 is 5.97 Å². The van der Waals surface area contributed by atoms with E-state index in [2.05, 4.69) is 31.2 Å². The molecule has 1 N–H and O–H groups in total. The first-order chi connectivity index (χ1) is 9.77. The summed E-state index contributed by atoms with van der Waals surface area (Å²) in [6, 6.07) is 0. The van der Waals surface area contributed by atoms with Gasteiger partial charge in [-0.15, -0.1) is 0 Å². The summed E-state index contributed by atoms with van der Waals surface area (Å²) in [5, 5.41) is 8.51. The second kappa shape index (κ2) is 16.0. The highest BCUT2D eigenvalue weighted by Crippen LogP contribution is 2.10. The molecule has 0 aliphatic carbocycles. The first-order valence-electron chi connectivity index (χ1n) is 8.29. The number of rotatable bonds is 14. The van der Waals surface area contributed by atoms with Gasteiger partial charge in [-0.1, -0.05) is 63.3 Å². The molecule has 0 aliphatic rings. The van der Waals surface area contributed by atoms with Crippen molar-refractivity contribution in [3.8, 4) is 0 Å². The van der Waals surface area contributed by atoms with Gasteiger partial charge in [0.1, 0.15) is 0 Å². The fourth-order valence-electron chi connectivity index (χ4n) is 2.13. The summed E-state index contributed by atoms with van der Waals surface area (Å²) < 4.78 is 0. The number of hydrogen-bond donors (Lipinski definition) is 1. The van der Waals surface area contributed by atoms with E-state index in [-0.39, 0.29) is 0 Å². The quantitative estimate of drug-likeness (QED) is 0.318. The maximum Gasteiger partial charge on any atom is 0.303 e. The molecule has 0 saturated carbocycles. The SMILES string of the molecule is CC/C=C\CC/C=C\CCCCCCCCCC(=O)O. The van der Waals surface area contributed by atoms with Crippen LogP contribution < -0.4 is 0 Å². The zero-order valence-electron chi connectivity index (χ0n) is 13.2. The standard InChI is InChI=1S/C18H32O2/c1-2-3-4-5-6-7-8-9-10-11-12-13-14-15-16-17-18(19)20/h3-4,7-8H,2,5-6,9-17H2,1H3,(H,19,20)/b4-3-,8-7-. The topological polar surface area (TPSA) is 37.3 Å². The average Bonchev–Trinajstić information content (AvgIpc) is 2.43. The van der Waals surface area contributed by atoms with Crippen LogP contribution in [0.1, 0.15) is 84.0 Å². The van der Waals surface area contributed by atoms with Crippen molar-refractivity contribution in [3.63, 3.8) is 0 Å². The molecule has 0 spiro atoms. The molecule has 0 amide bonds. The van der Waals surface area contributed by atoms with Crippen LogP contribution in [0.2, 0.25) is 0 Å². The molecule has 0 aromatic heterocycles. The summed E-state index contributed by atoms with van der Waals surface area (Å²) in [5.41, 5.74) is 0. The van der Waals surface area contributed by atoms with Crippen LogP contribution in [0, 0.1) is 0 Å². The van der Waals surface area contributed by atoms with Crippen LogP contribution in [-0.4, -0.2) is 11.1 Å². The Hall–Kier alpha value is -1.05. The molecule has 0 rings (SSSR count). The molecule has 2 heteroatoms. The van der Waals surface area contributed by atoms with E-state index in [0.717, 1.165) is 19.3 Å². The van der Waals surface area contributed by atoms with Gasteiger partial charge >= 0.3 is 5.97 Å². The summed E-state index contributed by atoms with van der Waals surface area (Å²) >= 11 is 0. The van der Waals surface area contributed by atoms with E-state index in [1.807, 2.05) is 0 Å². The van der Waals surface area contributed by atoms with E-state index in [0.29, 0.717) is 6.42 Å². The third-order valence-corrected chi connectivity index (χ3v) is 3.33. The summed E-state index contributed by atoms with van der Waals surface area (Å²) in [4.78, 5) is 10.3. The number of carboxylic acid groups (broad SMARTS) is 1. The summed E-state index contributed by atoms with van der Waals surface area (Å²) in [6.07, 6.45) is 22.3. The van der Waals surface area contributed by atoms with Gasteiger partial charge in [-0.25, -0.2) is 0 Å². The fraction of sp³-hybridized carbons (Fsp3) is 0.722. The highest BCUT2D eigenvalue weighted by atomic mass is 16.4. The third kappa shape index (κ3) is 16.9. The van der Waals surface area contributed by atoms with Gasteiger partial charge in [-0.2, -0.15) is 0 Å². The van der Waals surface area contributed by atoms with Crippen LogP contribution in [0.25, 0.3) is 0 Å². The molecular weight excluding hydrogens is 248 g/mol. The number of unbranched alkanes of at least 4 members (excludes halogenated alkanes) is 8. The molecule has 0 aliphatic heterocycles. The lowest BCUT2D eigenvalue weighted by molar-refractivity contribution is -0.137. The van der Waals surface area contributed by atoms with Crippen LogP contribution in [0.4, 0.5) is 0 Å². The lowest BCUT2D eigenvalue weighted by Crippen LogP contribution is -1.93. The van der Waals surface area contributed by atoms with Crippen LogP contribution in [-0.2, 0) is 4.79 Å². The molecule has 116 valence electrons. The Kier molecular flexibility index (Phi) is 15.2. The van der Waals surface area contributed by atoms with Crippen molar-refractivity contribution in [1.29, 1.82) is 0 Å². The predicted molar refractivity (Wildman–Crippen MR) is 87.0 cm³/mol. The summed E-state index contributed by atoms with van der Waals surface area (Å²) in [5.74, 6) is -0.665. The minimum atomic E-state index is -0.665. The molecule has 0 atom stereocenters. The number of carboxylic acids is 1. The Morgan fingerprint density at radius 2 is 1.25 bits per heavy atom. The zero-order chi connectivity index (χ0) is 14.9. The van der Waals surface area contributed by atoms with E-state index in [1.165, 1.54) is 51.4 Å². The molecule has 0 heterocycles. The minimum absolute atomic E-state index is 0.332. The summed E-state index contributed by atoms with van der Waals surface area (Å²) in [6.45, 7) is 2.17. The molecule has 20 heavy (non-hydrogen) atoms. The average molecular weight is 280 g/mol. The van der Waals surface area contributed by atoms with Crippen molar-refractivity contribution < 1.29 is 9.90 Å². The van der Waals surface area contributed by atoms with Crippen molar-refractivity contribution in [2.45, 2.75) is 84.0 Å². The zero-order valence-corrected chi connectivity index (χ0v) is 13.2. The third-order valence-electron chi connectivity index (χ3n) is 3.33. The fourth-order valence-corrected chi connectivity index (χ4v) is 2.13. The van der Waals surface area contributed by atoms with Gasteiger partial charge in [-0.3, -0.25) is 4.79 Å². The van der Waals surface area contributed by atoms with Gasteiger partial charge in [0, 0.05) is 6.42 Å². The maximum atomic E-state index is 10.3. The van der Waals surface area contributed by atoms with E-state index in [9.17, 15) is 4.79 Å². The van der Waals surface area contributed by atoms with E-state index in [1.54, 1.807) is 0 Å². The highest BCUT2D eigenvalue weighted by Gasteiger charge is 1.96. The van der Waals surface area contributed by atoms with Gasteiger partial charge < -0.3 is 5.11 Å². The number of carbonyl (C=O) groups is 1. The molecule has 2 nitrogen and oxygen atoms in total. The molecule has 0 unspecified atom stereocenters. The molecule has 0 bridgehead atoms. The highest BCUT2D eigenvalue weighted by molar-refractivity contribution is 5.66. The Morgan fingerprint density at radius 3 is 1.85 bits per heavy atom. The smallest absolute Gasteiger partial charge is 0.303 e. The van der Waals surface area contributed by atoms with Gasteiger partial charge in [-0.05, 0) is 38.5 Å². The lowest BCUT2D eigenvalue weighted by Gasteiger charge is -2.00. The van der Waals surface area contributed by atoms with Crippen molar-refractivity contribution in [1.82, 2.24) is 0 Å². The second-order valence-corrected chi connectivity index (χ2v) is 5.34. The van der Waals surface area contributed by atoms with Crippen molar-refractivity contribution in [2.24, 2.45) is 0 Å². The summed E-state index contributed by atoms with van der Waals surface area (Å²) in [7, 11) is 0. The normalized spacial score (nSPS) is 11.7. The number of aliphatic carboxylic acids is 1. The maximum absolute atomic E-state index is 10.3. The van der Waals surface area contributed by atoms with Crippen molar-refractivity contribution in [2.75, 3.05) is 0 Å². The van der Waals surface area contributed by atoms with Crippen LogP contribution in [0.5, 0.6) is 0 Å². The van der Waals surface area contributed by atoms with Gasteiger partial charge in [0.2, 0.25) is 0 Å². The predicted octanol–water partition coefficient (Wildman–Crippen LogP) is 5.88. The van der Waals surface area contributed by atoms with Gasteiger partial charge in [0.05, 0.1) is 0 Å². The second-order valence-electron chi connectivity index (χ2n) is 5.34. The van der Waals surface area contributed by atoms with Crippen LogP contribution in [0.15, 0.2) is 24.3 Å². The Bertz CT molecular complexity index is 267. The Morgan fingerprint density at radius 1 is 0.750 bits per heavy atom. The van der Waals surface area contributed by atoms with Crippen LogP contribution in [0.3, 0.4) is 0 Å². The molecule has 0 fully saturated rings. The minimum Gasteiger partial charge on any atom is -0.481 e. The molecule has 0 saturated heterocycles. The number of hydrogen-bond acceptors (Lipinski definition) is 1. The molecule has 0 aromatic carbocycles. The van der Waals surface area contributed by atoms with Gasteiger partial charge in [0.15, 0.2) is 0 Å². The van der Waals surface area contributed by atoms with Crippen molar-refractivity contribution in [3.05, 3.63) is 24.3 Å². The van der Waals surface area contributed by atoms with E-state index < -0.39 is 5.97 Å². The lowest BCUT2D eigenvalue weighted by atomic mass is 10.1. The first kappa shape index (κ1) is 18.9. The van der Waals surface area contributed by atoms with E-state index in [4.69, 9.17) is 5.11 Å². The van der Waals surface area contributed by atoms with Crippen LogP contribution >= 0.6 is 0 Å². The molecule has 0 radical (unpaired) electrons. The molecule has 0 aromatic rings.